The fourth-order valence-electron chi connectivity index (χ4n) is 3.24. The first-order valence-electron chi connectivity index (χ1n) is 9.43. The summed E-state index contributed by atoms with van der Waals surface area (Å²) in [6.45, 7) is 3.37. The quantitative estimate of drug-likeness (QED) is 0.635. The number of carbonyl (C=O) groups excluding carboxylic acids is 1. The van der Waals surface area contributed by atoms with Gasteiger partial charge in [0.15, 0.2) is 0 Å². The van der Waals surface area contributed by atoms with Gasteiger partial charge in [-0.3, -0.25) is 9.69 Å². The molecule has 0 spiro atoms. The number of nitrogens with one attached hydrogen (secondary N) is 1. The Hall–Kier alpha value is -2.22. The third-order valence-electron chi connectivity index (χ3n) is 4.83. The van der Waals surface area contributed by atoms with Crippen LogP contribution in [0.5, 0.6) is 5.75 Å². The Labute approximate surface area is 178 Å². The molecule has 5 nitrogen and oxygen atoms in total. The van der Waals surface area contributed by atoms with Crippen LogP contribution in [-0.4, -0.2) is 50.8 Å². The zero-order valence-electron chi connectivity index (χ0n) is 16.2. The highest BCUT2D eigenvalue weighted by molar-refractivity contribution is 9.10. The molecule has 2 aromatic carbocycles. The van der Waals surface area contributed by atoms with Crippen molar-refractivity contribution in [3.05, 3.63) is 70.0 Å². The van der Waals surface area contributed by atoms with E-state index in [1.807, 2.05) is 24.3 Å². The monoisotopic (exact) mass is 462 g/mol. The van der Waals surface area contributed by atoms with Crippen LogP contribution in [0.15, 0.2) is 53.0 Å². The fraction of sp³-hybridized carbons (Fsp3) is 0.318. The van der Waals surface area contributed by atoms with Crippen LogP contribution in [0.1, 0.15) is 17.2 Å². The van der Waals surface area contributed by atoms with Gasteiger partial charge >= 0.3 is 0 Å². The zero-order chi connectivity index (χ0) is 20.6. The van der Waals surface area contributed by atoms with Crippen molar-refractivity contribution in [2.45, 2.75) is 6.04 Å². The SMILES string of the molecule is COc1ccc(C(CNC(=O)/C=C/c2cc(Br)ccc2F)N2CCOCC2)cc1. The number of methoxy groups -OCH3 is 1. The van der Waals surface area contributed by atoms with E-state index in [0.717, 1.165) is 28.9 Å². The second kappa shape index (κ2) is 10.5. The first-order valence-corrected chi connectivity index (χ1v) is 10.2. The maximum absolute atomic E-state index is 13.8. The van der Waals surface area contributed by atoms with E-state index in [-0.39, 0.29) is 17.8 Å². The average Bonchev–Trinajstić information content (AvgIpc) is 2.75. The molecule has 0 aromatic heterocycles. The summed E-state index contributed by atoms with van der Waals surface area (Å²) in [5, 5.41) is 2.94. The van der Waals surface area contributed by atoms with E-state index in [1.165, 1.54) is 18.2 Å². The van der Waals surface area contributed by atoms with Crippen molar-refractivity contribution in [1.29, 1.82) is 0 Å². The Morgan fingerprint density at radius 3 is 2.69 bits per heavy atom. The first kappa shape index (κ1) is 21.5. The molecule has 1 N–H and O–H groups in total. The van der Waals surface area contributed by atoms with Crippen molar-refractivity contribution in [2.24, 2.45) is 0 Å². The van der Waals surface area contributed by atoms with Crippen LogP contribution in [0.3, 0.4) is 0 Å². The Morgan fingerprint density at radius 1 is 1.28 bits per heavy atom. The van der Waals surface area contributed by atoms with Crippen molar-refractivity contribution in [1.82, 2.24) is 10.2 Å². The minimum absolute atomic E-state index is 0.0183. The lowest BCUT2D eigenvalue weighted by atomic mass is 10.0. The molecule has 1 atom stereocenters. The van der Waals surface area contributed by atoms with Gasteiger partial charge in [-0.25, -0.2) is 4.39 Å². The summed E-state index contributed by atoms with van der Waals surface area (Å²) >= 11 is 3.31. The number of ether oxygens (including phenoxy) is 2. The molecule has 1 saturated heterocycles. The van der Waals surface area contributed by atoms with Crippen LogP contribution >= 0.6 is 15.9 Å². The lowest BCUT2D eigenvalue weighted by Crippen LogP contribution is -2.43. The number of nitrogens with zero attached hydrogens (tertiary/aromatic N) is 1. The van der Waals surface area contributed by atoms with E-state index in [1.54, 1.807) is 19.2 Å². The number of rotatable bonds is 7. The van der Waals surface area contributed by atoms with Gasteiger partial charge < -0.3 is 14.8 Å². The largest absolute Gasteiger partial charge is 0.497 e. The highest BCUT2D eigenvalue weighted by Crippen LogP contribution is 2.24. The fourth-order valence-corrected chi connectivity index (χ4v) is 3.62. The Bertz CT molecular complexity index is 852. The van der Waals surface area contributed by atoms with Crippen LogP contribution in [-0.2, 0) is 9.53 Å². The van der Waals surface area contributed by atoms with E-state index in [2.05, 4.69) is 26.1 Å². The number of benzene rings is 2. The summed E-state index contributed by atoms with van der Waals surface area (Å²) in [4.78, 5) is 14.6. The molecule has 0 aliphatic carbocycles. The molecule has 154 valence electrons. The Morgan fingerprint density at radius 2 is 2.00 bits per heavy atom. The van der Waals surface area contributed by atoms with Crippen LogP contribution < -0.4 is 10.1 Å². The smallest absolute Gasteiger partial charge is 0.244 e. The average molecular weight is 463 g/mol. The van der Waals surface area contributed by atoms with Crippen molar-refractivity contribution >= 4 is 27.9 Å². The molecular weight excluding hydrogens is 439 g/mol. The topological polar surface area (TPSA) is 50.8 Å². The van der Waals surface area contributed by atoms with Crippen molar-refractivity contribution < 1.29 is 18.7 Å². The van der Waals surface area contributed by atoms with E-state index in [0.29, 0.717) is 25.3 Å². The number of morpholine rings is 1. The third-order valence-corrected chi connectivity index (χ3v) is 5.32. The number of halogens is 2. The summed E-state index contributed by atoms with van der Waals surface area (Å²) in [5.41, 5.74) is 1.45. The molecule has 1 fully saturated rings. The number of hydrogen-bond acceptors (Lipinski definition) is 4. The molecule has 0 bridgehead atoms. The zero-order valence-corrected chi connectivity index (χ0v) is 17.8. The van der Waals surface area contributed by atoms with Gasteiger partial charge in [0.1, 0.15) is 11.6 Å². The highest BCUT2D eigenvalue weighted by atomic mass is 79.9. The van der Waals surface area contributed by atoms with Crippen molar-refractivity contribution in [2.75, 3.05) is 40.0 Å². The number of carbonyl (C=O) groups is 1. The second-order valence-corrected chi connectivity index (χ2v) is 7.60. The second-order valence-electron chi connectivity index (χ2n) is 6.68. The summed E-state index contributed by atoms with van der Waals surface area (Å²) in [6.07, 6.45) is 2.84. The molecular formula is C22H24BrFN2O3. The van der Waals surface area contributed by atoms with Crippen LogP contribution in [0.25, 0.3) is 6.08 Å². The van der Waals surface area contributed by atoms with E-state index in [4.69, 9.17) is 9.47 Å². The van der Waals surface area contributed by atoms with Gasteiger partial charge in [-0.2, -0.15) is 0 Å². The van der Waals surface area contributed by atoms with Gasteiger partial charge in [0.25, 0.3) is 0 Å². The van der Waals surface area contributed by atoms with Crippen molar-refractivity contribution in [3.63, 3.8) is 0 Å². The predicted molar refractivity (Wildman–Crippen MR) is 114 cm³/mol. The molecule has 3 rings (SSSR count). The molecule has 1 unspecified atom stereocenters. The molecule has 1 aliphatic rings. The standard InChI is InChI=1S/C22H24BrFN2O3/c1-28-19-6-2-16(3-7-19)21(26-10-12-29-13-11-26)15-25-22(27)9-4-17-14-18(23)5-8-20(17)24/h2-9,14,21H,10-13,15H2,1H3,(H,25,27)/b9-4+. The normalized spacial score (nSPS) is 16.0. The minimum atomic E-state index is -0.373. The van der Waals surface area contributed by atoms with Crippen LogP contribution in [0.2, 0.25) is 0 Å². The van der Waals surface area contributed by atoms with Crippen molar-refractivity contribution in [3.8, 4) is 5.75 Å². The lowest BCUT2D eigenvalue weighted by Gasteiger charge is -2.34. The molecule has 1 heterocycles. The summed E-state index contributed by atoms with van der Waals surface area (Å²) in [5.74, 6) is 0.148. The number of hydrogen-bond donors (Lipinski definition) is 1. The number of amides is 1. The molecule has 7 heteroatoms. The lowest BCUT2D eigenvalue weighted by molar-refractivity contribution is -0.116. The van der Waals surface area contributed by atoms with Crippen LogP contribution in [0, 0.1) is 5.82 Å². The maximum atomic E-state index is 13.8. The summed E-state index contributed by atoms with van der Waals surface area (Å²) in [6, 6.07) is 12.5. The third kappa shape index (κ3) is 6.13. The molecule has 0 radical (unpaired) electrons. The predicted octanol–water partition coefficient (Wildman–Crippen LogP) is 3.80. The molecule has 0 saturated carbocycles. The highest BCUT2D eigenvalue weighted by Gasteiger charge is 2.23. The van der Waals surface area contributed by atoms with Gasteiger partial charge in [0.2, 0.25) is 5.91 Å². The first-order chi connectivity index (χ1) is 14.1. The molecule has 2 aromatic rings. The molecule has 29 heavy (non-hydrogen) atoms. The Balaban J connectivity index is 1.67. The summed E-state index contributed by atoms with van der Waals surface area (Å²) < 4.78 is 25.3. The Kier molecular flexibility index (Phi) is 7.80. The van der Waals surface area contributed by atoms with Gasteiger partial charge in [0.05, 0.1) is 26.4 Å². The van der Waals surface area contributed by atoms with Gasteiger partial charge in [-0.15, -0.1) is 0 Å². The molecule has 1 aliphatic heterocycles. The van der Waals surface area contributed by atoms with Gasteiger partial charge in [-0.05, 0) is 42.0 Å². The van der Waals surface area contributed by atoms with E-state index < -0.39 is 0 Å². The van der Waals surface area contributed by atoms with E-state index in [9.17, 15) is 9.18 Å². The van der Waals surface area contributed by atoms with Crippen LogP contribution in [0.4, 0.5) is 4.39 Å². The molecule has 1 amide bonds. The minimum Gasteiger partial charge on any atom is -0.497 e. The summed E-state index contributed by atoms with van der Waals surface area (Å²) in [7, 11) is 1.63. The maximum Gasteiger partial charge on any atom is 0.244 e. The van der Waals surface area contributed by atoms with Gasteiger partial charge in [0, 0.05) is 35.7 Å². The van der Waals surface area contributed by atoms with Gasteiger partial charge in [-0.1, -0.05) is 28.1 Å². The van der Waals surface area contributed by atoms with E-state index >= 15 is 0 Å².